The fourth-order valence-corrected chi connectivity index (χ4v) is 2.48. The lowest BCUT2D eigenvalue weighted by molar-refractivity contribution is 0.283. The molecule has 0 unspecified atom stereocenters. The van der Waals surface area contributed by atoms with Gasteiger partial charge in [-0.1, -0.05) is 36.7 Å². The molecule has 0 fully saturated rings. The maximum Gasteiger partial charge on any atom is 0.246 e. The molecule has 0 aliphatic carbocycles. The normalized spacial score (nSPS) is 11.7. The summed E-state index contributed by atoms with van der Waals surface area (Å²) >= 11 is 6.06. The summed E-state index contributed by atoms with van der Waals surface area (Å²) in [6.45, 7) is 4.47. The monoisotopic (exact) mass is 305 g/mol. The highest BCUT2D eigenvalue weighted by atomic mass is 35.5. The van der Waals surface area contributed by atoms with Crippen LogP contribution >= 0.6 is 11.6 Å². The molecular weight excluding hydrogens is 290 g/mol. The quantitative estimate of drug-likeness (QED) is 0.803. The Morgan fingerprint density at radius 2 is 2.19 bits per heavy atom. The minimum Gasteiger partial charge on any atom is -0.392 e. The summed E-state index contributed by atoms with van der Waals surface area (Å²) in [5.41, 5.74) is 1.79. The number of halogens is 1. The number of hydrogen-bond acceptors (Lipinski definition) is 4. The SMILES string of the molecule is CC(C)c1noc(Cn2cc(CO)c3ccc(Cl)cc32)n1. The maximum absolute atomic E-state index is 9.46. The van der Waals surface area contributed by atoms with Crippen LogP contribution in [0.15, 0.2) is 28.9 Å². The summed E-state index contributed by atoms with van der Waals surface area (Å²) in [5, 5.41) is 15.1. The first-order valence-electron chi connectivity index (χ1n) is 6.79. The molecule has 0 atom stereocenters. The Labute approximate surface area is 127 Å². The van der Waals surface area contributed by atoms with Crippen LogP contribution in [0.5, 0.6) is 0 Å². The van der Waals surface area contributed by atoms with Crippen LogP contribution in [0.1, 0.15) is 37.0 Å². The van der Waals surface area contributed by atoms with Crippen LogP contribution in [0.2, 0.25) is 5.02 Å². The largest absolute Gasteiger partial charge is 0.392 e. The van der Waals surface area contributed by atoms with Gasteiger partial charge in [0.2, 0.25) is 5.89 Å². The van der Waals surface area contributed by atoms with Gasteiger partial charge < -0.3 is 14.2 Å². The van der Waals surface area contributed by atoms with E-state index in [9.17, 15) is 5.11 Å². The molecule has 0 aliphatic rings. The van der Waals surface area contributed by atoms with Gasteiger partial charge in [0.25, 0.3) is 0 Å². The van der Waals surface area contributed by atoms with E-state index < -0.39 is 0 Å². The Morgan fingerprint density at radius 1 is 1.38 bits per heavy atom. The van der Waals surface area contributed by atoms with Gasteiger partial charge in [0.1, 0.15) is 6.54 Å². The van der Waals surface area contributed by atoms with Gasteiger partial charge in [-0.25, -0.2) is 0 Å². The number of hydrogen-bond donors (Lipinski definition) is 1. The number of nitrogens with zero attached hydrogens (tertiary/aromatic N) is 3. The van der Waals surface area contributed by atoms with Crippen molar-refractivity contribution in [2.75, 3.05) is 0 Å². The van der Waals surface area contributed by atoms with Gasteiger partial charge in [-0.05, 0) is 12.1 Å². The molecule has 0 amide bonds. The number of benzene rings is 1. The molecule has 0 aliphatic heterocycles. The van der Waals surface area contributed by atoms with Crippen molar-refractivity contribution in [1.82, 2.24) is 14.7 Å². The van der Waals surface area contributed by atoms with Crippen LogP contribution in [-0.4, -0.2) is 19.8 Å². The van der Waals surface area contributed by atoms with Gasteiger partial charge in [-0.2, -0.15) is 4.98 Å². The molecule has 6 heteroatoms. The van der Waals surface area contributed by atoms with Gasteiger partial charge in [0.15, 0.2) is 5.82 Å². The average Bonchev–Trinajstić information content (AvgIpc) is 3.04. The summed E-state index contributed by atoms with van der Waals surface area (Å²) in [6.07, 6.45) is 1.89. The van der Waals surface area contributed by atoms with E-state index in [1.807, 2.05) is 42.8 Å². The van der Waals surface area contributed by atoms with Gasteiger partial charge in [0.05, 0.1) is 12.1 Å². The molecule has 2 aromatic heterocycles. The molecule has 1 N–H and O–H groups in total. The molecule has 0 saturated carbocycles. The van der Waals surface area contributed by atoms with Crippen LogP contribution in [0.25, 0.3) is 10.9 Å². The zero-order valence-electron chi connectivity index (χ0n) is 11.9. The Morgan fingerprint density at radius 3 is 2.86 bits per heavy atom. The van der Waals surface area contributed by atoms with Gasteiger partial charge in [0, 0.05) is 28.1 Å². The Balaban J connectivity index is 2.01. The first-order valence-corrected chi connectivity index (χ1v) is 7.17. The molecule has 2 heterocycles. The summed E-state index contributed by atoms with van der Waals surface area (Å²) in [4.78, 5) is 4.38. The highest BCUT2D eigenvalue weighted by Gasteiger charge is 2.13. The lowest BCUT2D eigenvalue weighted by Gasteiger charge is -2.01. The Bertz CT molecular complexity index is 776. The zero-order chi connectivity index (χ0) is 15.0. The molecule has 3 rings (SSSR count). The van der Waals surface area contributed by atoms with Crippen molar-refractivity contribution in [3.63, 3.8) is 0 Å². The average molecular weight is 306 g/mol. The topological polar surface area (TPSA) is 64.1 Å². The van der Waals surface area contributed by atoms with Crippen molar-refractivity contribution < 1.29 is 9.63 Å². The molecule has 21 heavy (non-hydrogen) atoms. The second-order valence-corrected chi connectivity index (χ2v) is 5.74. The van der Waals surface area contributed by atoms with E-state index in [4.69, 9.17) is 16.1 Å². The predicted octanol–water partition coefficient (Wildman–Crippen LogP) is 3.34. The third-order valence-corrected chi connectivity index (χ3v) is 3.64. The van der Waals surface area contributed by atoms with E-state index in [0.29, 0.717) is 23.3 Å². The highest BCUT2D eigenvalue weighted by Crippen LogP contribution is 2.25. The van der Waals surface area contributed by atoms with E-state index in [-0.39, 0.29) is 12.5 Å². The number of aliphatic hydroxyl groups excluding tert-OH is 1. The van der Waals surface area contributed by atoms with Gasteiger partial charge >= 0.3 is 0 Å². The summed E-state index contributed by atoms with van der Waals surface area (Å²) in [5.74, 6) is 1.47. The van der Waals surface area contributed by atoms with E-state index >= 15 is 0 Å². The Kier molecular flexibility index (Phi) is 3.69. The van der Waals surface area contributed by atoms with E-state index in [1.54, 1.807) is 0 Å². The molecule has 110 valence electrons. The van der Waals surface area contributed by atoms with Crippen LogP contribution in [0.3, 0.4) is 0 Å². The van der Waals surface area contributed by atoms with Crippen molar-refractivity contribution in [2.45, 2.75) is 32.9 Å². The fraction of sp³-hybridized carbons (Fsp3) is 0.333. The van der Waals surface area contributed by atoms with Crippen LogP contribution in [0, 0.1) is 0 Å². The summed E-state index contributed by atoms with van der Waals surface area (Å²) in [7, 11) is 0. The number of aromatic nitrogens is 3. The first-order chi connectivity index (χ1) is 10.1. The summed E-state index contributed by atoms with van der Waals surface area (Å²) in [6, 6.07) is 5.60. The number of rotatable bonds is 4. The second-order valence-electron chi connectivity index (χ2n) is 5.30. The molecule has 5 nitrogen and oxygen atoms in total. The molecule has 3 aromatic rings. The predicted molar refractivity (Wildman–Crippen MR) is 80.4 cm³/mol. The standard InChI is InChI=1S/C15H16ClN3O2/c1-9(2)15-17-14(21-18-15)7-19-6-10(8-20)12-4-3-11(16)5-13(12)19/h3-6,9,20H,7-8H2,1-2H3. The van der Waals surface area contributed by atoms with Crippen LogP contribution in [-0.2, 0) is 13.2 Å². The van der Waals surface area contributed by atoms with Crippen LogP contribution < -0.4 is 0 Å². The number of aliphatic hydroxyl groups is 1. The van der Waals surface area contributed by atoms with E-state index in [0.717, 1.165) is 16.5 Å². The van der Waals surface area contributed by atoms with Crippen molar-refractivity contribution in [1.29, 1.82) is 0 Å². The lowest BCUT2D eigenvalue weighted by Crippen LogP contribution is -1.99. The maximum atomic E-state index is 9.46. The molecule has 0 spiro atoms. The second kappa shape index (κ2) is 5.50. The lowest BCUT2D eigenvalue weighted by atomic mass is 10.2. The fourth-order valence-electron chi connectivity index (χ4n) is 2.31. The van der Waals surface area contributed by atoms with Crippen molar-refractivity contribution >= 4 is 22.5 Å². The number of fused-ring (bicyclic) bond motifs is 1. The van der Waals surface area contributed by atoms with Crippen molar-refractivity contribution in [2.24, 2.45) is 0 Å². The smallest absolute Gasteiger partial charge is 0.246 e. The zero-order valence-corrected chi connectivity index (χ0v) is 12.6. The molecule has 0 bridgehead atoms. The first kappa shape index (κ1) is 14.1. The molecule has 1 aromatic carbocycles. The third-order valence-electron chi connectivity index (χ3n) is 3.40. The van der Waals surface area contributed by atoms with E-state index in [1.165, 1.54) is 0 Å². The van der Waals surface area contributed by atoms with Crippen molar-refractivity contribution in [3.05, 3.63) is 46.7 Å². The molecule has 0 saturated heterocycles. The summed E-state index contributed by atoms with van der Waals surface area (Å²) < 4.78 is 7.24. The van der Waals surface area contributed by atoms with Gasteiger partial charge in [-0.3, -0.25) is 0 Å². The molecule has 0 radical (unpaired) electrons. The van der Waals surface area contributed by atoms with Gasteiger partial charge in [-0.15, -0.1) is 0 Å². The molecular formula is C15H16ClN3O2. The van der Waals surface area contributed by atoms with E-state index in [2.05, 4.69) is 10.1 Å². The minimum atomic E-state index is -0.0216. The minimum absolute atomic E-state index is 0.0216. The Hall–Kier alpha value is -1.85. The highest BCUT2D eigenvalue weighted by molar-refractivity contribution is 6.31. The third kappa shape index (κ3) is 2.66. The van der Waals surface area contributed by atoms with Crippen LogP contribution in [0.4, 0.5) is 0 Å². The van der Waals surface area contributed by atoms with Crippen molar-refractivity contribution in [3.8, 4) is 0 Å².